The zero-order valence-corrected chi connectivity index (χ0v) is 7.35. The van der Waals surface area contributed by atoms with Crippen LogP contribution in [0.25, 0.3) is 0 Å². The highest BCUT2D eigenvalue weighted by Crippen LogP contribution is 2.29. The Morgan fingerprint density at radius 1 is 1.36 bits per heavy atom. The number of piperidine rings is 1. The van der Waals surface area contributed by atoms with Gasteiger partial charge in [-0.25, -0.2) is 0 Å². The summed E-state index contributed by atoms with van der Waals surface area (Å²) in [5, 5.41) is 7.22. The van der Waals surface area contributed by atoms with Crippen molar-refractivity contribution >= 4 is 5.96 Å². The van der Waals surface area contributed by atoms with E-state index in [1.54, 1.807) is 0 Å². The molecule has 1 rings (SSSR count). The molecule has 3 nitrogen and oxygen atoms in total. The molecule has 1 saturated heterocycles. The lowest BCUT2D eigenvalue weighted by Crippen LogP contribution is -2.44. The molecule has 1 fully saturated rings. The number of nitrogens with two attached hydrogens (primary N) is 1. The maximum Gasteiger partial charge on any atom is 0.188 e. The molecule has 0 amide bonds. The van der Waals surface area contributed by atoms with Gasteiger partial charge in [0, 0.05) is 13.1 Å². The van der Waals surface area contributed by atoms with E-state index in [0.717, 1.165) is 25.9 Å². The summed E-state index contributed by atoms with van der Waals surface area (Å²) >= 11 is 0. The Morgan fingerprint density at radius 3 is 2.18 bits per heavy atom. The minimum atomic E-state index is 0.223. The molecule has 3 N–H and O–H groups in total. The zero-order chi connectivity index (χ0) is 8.48. The number of nitrogens with one attached hydrogen (secondary N) is 1. The largest absolute Gasteiger partial charge is 0.370 e. The average molecular weight is 155 g/mol. The number of hydrogen-bond donors (Lipinski definition) is 2. The first-order valence-corrected chi connectivity index (χ1v) is 4.10. The first-order valence-electron chi connectivity index (χ1n) is 4.10. The van der Waals surface area contributed by atoms with Gasteiger partial charge in [0.25, 0.3) is 0 Å². The van der Waals surface area contributed by atoms with Crippen LogP contribution < -0.4 is 5.73 Å². The third kappa shape index (κ3) is 2.10. The summed E-state index contributed by atoms with van der Waals surface area (Å²) in [5.41, 5.74) is 5.82. The van der Waals surface area contributed by atoms with Crippen molar-refractivity contribution in [2.45, 2.75) is 26.7 Å². The molecule has 11 heavy (non-hydrogen) atoms. The van der Waals surface area contributed by atoms with Crippen molar-refractivity contribution in [2.75, 3.05) is 13.1 Å². The highest BCUT2D eigenvalue weighted by Gasteiger charge is 2.25. The second-order valence-electron chi connectivity index (χ2n) is 4.04. The predicted molar refractivity (Wildman–Crippen MR) is 46.5 cm³/mol. The molecule has 0 aromatic carbocycles. The van der Waals surface area contributed by atoms with Crippen LogP contribution in [0.1, 0.15) is 26.7 Å². The lowest BCUT2D eigenvalue weighted by atomic mass is 9.83. The molecule has 0 radical (unpaired) electrons. The van der Waals surface area contributed by atoms with Gasteiger partial charge in [0.05, 0.1) is 0 Å². The van der Waals surface area contributed by atoms with Crippen LogP contribution in [-0.2, 0) is 0 Å². The van der Waals surface area contributed by atoms with Gasteiger partial charge >= 0.3 is 0 Å². The SMILES string of the molecule is CC1(C)CCN(C(=N)N)CC1. The monoisotopic (exact) mass is 155 g/mol. The first kappa shape index (κ1) is 8.37. The van der Waals surface area contributed by atoms with Crippen LogP contribution in [-0.4, -0.2) is 23.9 Å². The van der Waals surface area contributed by atoms with E-state index in [1.165, 1.54) is 0 Å². The summed E-state index contributed by atoms with van der Waals surface area (Å²) < 4.78 is 0. The second kappa shape index (κ2) is 2.72. The van der Waals surface area contributed by atoms with Crippen LogP contribution in [0.4, 0.5) is 0 Å². The minimum absolute atomic E-state index is 0.223. The van der Waals surface area contributed by atoms with E-state index in [-0.39, 0.29) is 5.96 Å². The van der Waals surface area contributed by atoms with Crippen LogP contribution >= 0.6 is 0 Å². The van der Waals surface area contributed by atoms with Crippen molar-refractivity contribution in [3.8, 4) is 0 Å². The second-order valence-corrected chi connectivity index (χ2v) is 4.04. The van der Waals surface area contributed by atoms with E-state index < -0.39 is 0 Å². The van der Waals surface area contributed by atoms with E-state index in [9.17, 15) is 0 Å². The van der Waals surface area contributed by atoms with E-state index >= 15 is 0 Å². The Kier molecular flexibility index (Phi) is 2.07. The zero-order valence-electron chi connectivity index (χ0n) is 7.35. The van der Waals surface area contributed by atoms with Crippen molar-refractivity contribution < 1.29 is 0 Å². The molecular formula is C8H17N3. The topological polar surface area (TPSA) is 53.1 Å². The highest BCUT2D eigenvalue weighted by molar-refractivity contribution is 5.74. The fourth-order valence-corrected chi connectivity index (χ4v) is 1.35. The summed E-state index contributed by atoms with van der Waals surface area (Å²) in [5.74, 6) is 0.223. The molecule has 0 aliphatic carbocycles. The molecule has 0 unspecified atom stereocenters. The summed E-state index contributed by atoms with van der Waals surface area (Å²) in [6, 6.07) is 0. The van der Waals surface area contributed by atoms with Crippen molar-refractivity contribution in [3.63, 3.8) is 0 Å². The van der Waals surface area contributed by atoms with Crippen LogP contribution in [0.5, 0.6) is 0 Å². The number of hydrogen-bond acceptors (Lipinski definition) is 1. The van der Waals surface area contributed by atoms with Gasteiger partial charge in [-0.15, -0.1) is 0 Å². The smallest absolute Gasteiger partial charge is 0.188 e. The summed E-state index contributed by atoms with van der Waals surface area (Å²) in [7, 11) is 0. The van der Waals surface area contributed by atoms with Crippen LogP contribution in [0.15, 0.2) is 0 Å². The molecule has 1 aliphatic heterocycles. The number of rotatable bonds is 0. The van der Waals surface area contributed by atoms with Crippen molar-refractivity contribution in [2.24, 2.45) is 11.1 Å². The van der Waals surface area contributed by atoms with E-state index in [4.69, 9.17) is 11.1 Å². The fraction of sp³-hybridized carbons (Fsp3) is 0.875. The number of nitrogens with zero attached hydrogens (tertiary/aromatic N) is 1. The van der Waals surface area contributed by atoms with Gasteiger partial charge in [-0.2, -0.15) is 0 Å². The molecule has 0 saturated carbocycles. The van der Waals surface area contributed by atoms with Gasteiger partial charge in [-0.3, -0.25) is 5.41 Å². The van der Waals surface area contributed by atoms with Gasteiger partial charge in [-0.1, -0.05) is 13.8 Å². The van der Waals surface area contributed by atoms with Crippen LogP contribution in [0.3, 0.4) is 0 Å². The van der Waals surface area contributed by atoms with Crippen molar-refractivity contribution in [1.29, 1.82) is 5.41 Å². The van der Waals surface area contributed by atoms with Crippen molar-refractivity contribution in [3.05, 3.63) is 0 Å². The van der Waals surface area contributed by atoms with Gasteiger partial charge in [0.15, 0.2) is 5.96 Å². The Labute approximate surface area is 68.1 Å². The Bertz CT molecular complexity index is 153. The lowest BCUT2D eigenvalue weighted by Gasteiger charge is -2.36. The minimum Gasteiger partial charge on any atom is -0.370 e. The molecule has 0 bridgehead atoms. The first-order chi connectivity index (χ1) is 5.01. The molecule has 0 atom stereocenters. The molecule has 0 aromatic rings. The molecular weight excluding hydrogens is 138 g/mol. The van der Waals surface area contributed by atoms with Gasteiger partial charge in [-0.05, 0) is 18.3 Å². The Balaban J connectivity index is 2.42. The van der Waals surface area contributed by atoms with Gasteiger partial charge in [0.2, 0.25) is 0 Å². The Hall–Kier alpha value is -0.730. The third-order valence-corrected chi connectivity index (χ3v) is 2.46. The van der Waals surface area contributed by atoms with E-state index in [1.807, 2.05) is 4.90 Å². The summed E-state index contributed by atoms with van der Waals surface area (Å²) in [6.45, 7) is 6.43. The summed E-state index contributed by atoms with van der Waals surface area (Å²) in [6.07, 6.45) is 2.29. The van der Waals surface area contributed by atoms with Gasteiger partial charge < -0.3 is 10.6 Å². The van der Waals surface area contributed by atoms with Gasteiger partial charge in [0.1, 0.15) is 0 Å². The quantitative estimate of drug-likeness (QED) is 0.405. The number of likely N-dealkylation sites (tertiary alicyclic amines) is 1. The molecule has 64 valence electrons. The lowest BCUT2D eigenvalue weighted by molar-refractivity contribution is 0.187. The summed E-state index contributed by atoms with van der Waals surface area (Å²) in [4.78, 5) is 1.94. The highest BCUT2D eigenvalue weighted by atomic mass is 15.2. The molecule has 0 spiro atoms. The van der Waals surface area contributed by atoms with Crippen molar-refractivity contribution in [1.82, 2.24) is 4.90 Å². The molecule has 3 heteroatoms. The molecule has 0 aromatic heterocycles. The van der Waals surface area contributed by atoms with Crippen LogP contribution in [0.2, 0.25) is 0 Å². The van der Waals surface area contributed by atoms with E-state index in [2.05, 4.69) is 13.8 Å². The average Bonchev–Trinajstić information content (AvgIpc) is 1.86. The van der Waals surface area contributed by atoms with Crippen LogP contribution in [0, 0.1) is 10.8 Å². The molecule has 1 heterocycles. The predicted octanol–water partition coefficient (Wildman–Crippen LogP) is 1.00. The Morgan fingerprint density at radius 2 is 1.82 bits per heavy atom. The molecule has 1 aliphatic rings. The maximum absolute atomic E-state index is 7.22. The number of guanidine groups is 1. The normalized spacial score (nSPS) is 23.3. The maximum atomic E-state index is 7.22. The third-order valence-electron chi connectivity index (χ3n) is 2.46. The standard InChI is InChI=1S/C8H17N3/c1-8(2)3-5-11(6-4-8)7(9)10/h3-6H2,1-2H3,(H3,9,10). The fourth-order valence-electron chi connectivity index (χ4n) is 1.35. The van der Waals surface area contributed by atoms with E-state index in [0.29, 0.717) is 5.41 Å².